The van der Waals surface area contributed by atoms with Gasteiger partial charge in [-0.1, -0.05) is 30.3 Å². The Bertz CT molecular complexity index is 728. The monoisotopic (exact) mass is 295 g/mol. The van der Waals surface area contributed by atoms with Gasteiger partial charge in [-0.25, -0.2) is 0 Å². The van der Waals surface area contributed by atoms with E-state index < -0.39 is 11.9 Å². The molecule has 2 aliphatic heterocycles. The maximum atomic E-state index is 11.8. The lowest BCUT2D eigenvalue weighted by Crippen LogP contribution is -2.41. The van der Waals surface area contributed by atoms with Crippen LogP contribution in [0.4, 0.5) is 5.69 Å². The van der Waals surface area contributed by atoms with Crippen LogP contribution in [-0.2, 0) is 4.79 Å². The highest BCUT2D eigenvalue weighted by molar-refractivity contribution is 5.75. The van der Waals surface area contributed by atoms with Gasteiger partial charge in [-0.15, -0.1) is 0 Å². The minimum atomic E-state index is -0.733. The fourth-order valence-corrected chi connectivity index (χ4v) is 3.63. The SMILES string of the molecule is O=C(O)[C@H]1CCCN2c3ccccc3Oc3ccccc3[C@@H]12. The van der Waals surface area contributed by atoms with Crippen molar-refractivity contribution in [3.05, 3.63) is 54.1 Å². The Balaban J connectivity index is 1.94. The molecular formula is C18H17NO3. The summed E-state index contributed by atoms with van der Waals surface area (Å²) < 4.78 is 6.09. The third kappa shape index (κ3) is 1.95. The Morgan fingerprint density at radius 1 is 1.09 bits per heavy atom. The summed E-state index contributed by atoms with van der Waals surface area (Å²) in [5.74, 6) is 0.410. The Kier molecular flexibility index (Phi) is 3.03. The number of benzene rings is 2. The van der Waals surface area contributed by atoms with Crippen LogP contribution in [0.1, 0.15) is 24.4 Å². The van der Waals surface area contributed by atoms with Crippen LogP contribution < -0.4 is 9.64 Å². The molecule has 1 N–H and O–H groups in total. The lowest BCUT2D eigenvalue weighted by molar-refractivity contribution is -0.143. The van der Waals surface area contributed by atoms with Crippen molar-refractivity contribution in [2.75, 3.05) is 11.4 Å². The molecule has 2 heterocycles. The van der Waals surface area contributed by atoms with Crippen LogP contribution in [-0.4, -0.2) is 17.6 Å². The summed E-state index contributed by atoms with van der Waals surface area (Å²) in [7, 11) is 0. The van der Waals surface area contributed by atoms with Gasteiger partial charge in [0.05, 0.1) is 17.6 Å². The molecule has 0 aromatic heterocycles. The van der Waals surface area contributed by atoms with Gasteiger partial charge in [0.1, 0.15) is 5.75 Å². The normalized spacial score (nSPS) is 22.6. The van der Waals surface area contributed by atoms with Gasteiger partial charge in [0.15, 0.2) is 5.75 Å². The van der Waals surface area contributed by atoms with Crippen molar-refractivity contribution in [3.63, 3.8) is 0 Å². The first-order chi connectivity index (χ1) is 10.8. The fraction of sp³-hybridized carbons (Fsp3) is 0.278. The van der Waals surface area contributed by atoms with Crippen molar-refractivity contribution in [2.45, 2.75) is 18.9 Å². The number of aliphatic carboxylic acids is 1. The van der Waals surface area contributed by atoms with Crippen molar-refractivity contribution in [2.24, 2.45) is 5.92 Å². The van der Waals surface area contributed by atoms with E-state index in [0.29, 0.717) is 6.42 Å². The van der Waals surface area contributed by atoms with Crippen molar-refractivity contribution in [1.29, 1.82) is 0 Å². The number of carboxylic acid groups (broad SMARTS) is 1. The Morgan fingerprint density at radius 3 is 2.64 bits per heavy atom. The summed E-state index contributed by atoms with van der Waals surface area (Å²) in [6.07, 6.45) is 1.58. The zero-order valence-corrected chi connectivity index (χ0v) is 12.1. The highest BCUT2D eigenvalue weighted by atomic mass is 16.5. The number of fused-ring (bicyclic) bond motifs is 5. The molecule has 0 aliphatic carbocycles. The second kappa shape index (κ2) is 5.05. The molecule has 1 fully saturated rings. The third-order valence-electron chi connectivity index (χ3n) is 4.58. The summed E-state index contributed by atoms with van der Waals surface area (Å²) in [6, 6.07) is 15.5. The molecule has 22 heavy (non-hydrogen) atoms. The van der Waals surface area contributed by atoms with E-state index in [0.717, 1.165) is 35.7 Å². The van der Waals surface area contributed by atoms with E-state index in [9.17, 15) is 9.90 Å². The average Bonchev–Trinajstić information content (AvgIpc) is 2.69. The average molecular weight is 295 g/mol. The number of carbonyl (C=O) groups is 1. The molecular weight excluding hydrogens is 278 g/mol. The molecule has 2 aliphatic rings. The number of carboxylic acids is 1. The maximum absolute atomic E-state index is 11.8. The maximum Gasteiger partial charge on any atom is 0.308 e. The number of para-hydroxylation sites is 3. The smallest absolute Gasteiger partial charge is 0.308 e. The van der Waals surface area contributed by atoms with E-state index in [-0.39, 0.29) is 6.04 Å². The first kappa shape index (κ1) is 13.2. The predicted molar refractivity (Wildman–Crippen MR) is 83.4 cm³/mol. The summed E-state index contributed by atoms with van der Waals surface area (Å²) in [5.41, 5.74) is 1.94. The van der Waals surface area contributed by atoms with Crippen LogP contribution in [0, 0.1) is 5.92 Å². The topological polar surface area (TPSA) is 49.8 Å². The number of anilines is 1. The lowest BCUT2D eigenvalue weighted by Gasteiger charge is -2.40. The van der Waals surface area contributed by atoms with Gasteiger partial charge in [-0.05, 0) is 31.0 Å². The van der Waals surface area contributed by atoms with Gasteiger partial charge < -0.3 is 14.7 Å². The molecule has 0 bridgehead atoms. The molecule has 2 aromatic rings. The van der Waals surface area contributed by atoms with Crippen LogP contribution >= 0.6 is 0 Å². The predicted octanol–water partition coefficient (Wildman–Crippen LogP) is 3.83. The molecule has 2 atom stereocenters. The Morgan fingerprint density at radius 2 is 1.82 bits per heavy atom. The molecule has 2 aromatic carbocycles. The number of nitrogens with zero attached hydrogens (tertiary/aromatic N) is 1. The minimum absolute atomic E-state index is 0.175. The van der Waals surface area contributed by atoms with Gasteiger partial charge in [0.25, 0.3) is 0 Å². The second-order valence-corrected chi connectivity index (χ2v) is 5.83. The quantitative estimate of drug-likeness (QED) is 0.868. The summed E-state index contributed by atoms with van der Waals surface area (Å²) in [6.45, 7) is 0.850. The first-order valence-electron chi connectivity index (χ1n) is 7.61. The number of hydrogen-bond acceptors (Lipinski definition) is 3. The number of rotatable bonds is 1. The standard InChI is InChI=1S/C18H17NO3/c20-18(21)13-7-5-11-19-14-8-2-4-10-16(14)22-15-9-3-1-6-12(15)17(13)19/h1-4,6,8-10,13,17H,5,7,11H2,(H,20,21)/t13-,17-/m0/s1. The lowest BCUT2D eigenvalue weighted by atomic mass is 9.84. The molecule has 0 unspecified atom stereocenters. The summed E-state index contributed by atoms with van der Waals surface area (Å²) in [5, 5.41) is 9.68. The van der Waals surface area contributed by atoms with Crippen molar-refractivity contribution in [3.8, 4) is 11.5 Å². The highest BCUT2D eigenvalue weighted by Crippen LogP contribution is 2.49. The molecule has 0 radical (unpaired) electrons. The van der Waals surface area contributed by atoms with Crippen LogP contribution in [0.2, 0.25) is 0 Å². The molecule has 4 heteroatoms. The number of hydrogen-bond donors (Lipinski definition) is 1. The largest absolute Gasteiger partial charge is 0.481 e. The first-order valence-corrected chi connectivity index (χ1v) is 7.61. The van der Waals surface area contributed by atoms with E-state index >= 15 is 0 Å². The van der Waals surface area contributed by atoms with Crippen LogP contribution in [0.25, 0.3) is 0 Å². The third-order valence-corrected chi connectivity index (χ3v) is 4.58. The van der Waals surface area contributed by atoms with Gasteiger partial charge in [0.2, 0.25) is 0 Å². The highest BCUT2D eigenvalue weighted by Gasteiger charge is 2.41. The van der Waals surface area contributed by atoms with Crippen LogP contribution in [0.3, 0.4) is 0 Å². The minimum Gasteiger partial charge on any atom is -0.481 e. The Labute approximate surface area is 128 Å². The Hall–Kier alpha value is -2.49. The zero-order chi connectivity index (χ0) is 15.1. The molecule has 112 valence electrons. The second-order valence-electron chi connectivity index (χ2n) is 5.83. The molecule has 4 rings (SSSR count). The van der Waals surface area contributed by atoms with Crippen LogP contribution in [0.15, 0.2) is 48.5 Å². The number of ether oxygens (including phenoxy) is 1. The molecule has 0 amide bonds. The summed E-state index contributed by atoms with van der Waals surface area (Å²) >= 11 is 0. The summed E-state index contributed by atoms with van der Waals surface area (Å²) in [4.78, 5) is 14.0. The van der Waals surface area contributed by atoms with E-state index in [1.54, 1.807) is 0 Å². The van der Waals surface area contributed by atoms with Gasteiger partial charge in [-0.3, -0.25) is 4.79 Å². The van der Waals surface area contributed by atoms with Crippen molar-refractivity contribution in [1.82, 2.24) is 0 Å². The van der Waals surface area contributed by atoms with E-state index in [4.69, 9.17) is 4.74 Å². The van der Waals surface area contributed by atoms with Crippen LogP contribution in [0.5, 0.6) is 11.5 Å². The van der Waals surface area contributed by atoms with Gasteiger partial charge in [0, 0.05) is 12.1 Å². The fourth-order valence-electron chi connectivity index (χ4n) is 3.63. The molecule has 0 spiro atoms. The van der Waals surface area contributed by atoms with Gasteiger partial charge in [-0.2, -0.15) is 0 Å². The van der Waals surface area contributed by atoms with Gasteiger partial charge >= 0.3 is 5.97 Å². The molecule has 0 saturated carbocycles. The van der Waals surface area contributed by atoms with Crippen molar-refractivity contribution >= 4 is 11.7 Å². The zero-order valence-electron chi connectivity index (χ0n) is 12.1. The molecule has 1 saturated heterocycles. The number of piperidine rings is 1. The molecule has 4 nitrogen and oxygen atoms in total. The van der Waals surface area contributed by atoms with Crippen molar-refractivity contribution < 1.29 is 14.6 Å². The van der Waals surface area contributed by atoms with E-state index in [1.807, 2.05) is 48.5 Å². The van der Waals surface area contributed by atoms with E-state index in [2.05, 4.69) is 4.90 Å². The van der Waals surface area contributed by atoms with E-state index in [1.165, 1.54) is 0 Å².